The van der Waals surface area contributed by atoms with Crippen LogP contribution in [0.1, 0.15) is 45.6 Å². The monoisotopic (exact) mass is 387 g/mol. The van der Waals surface area contributed by atoms with Crippen LogP contribution in [0.25, 0.3) is 0 Å². The van der Waals surface area contributed by atoms with Crippen LogP contribution in [0.3, 0.4) is 0 Å². The molecule has 0 spiro atoms. The normalized spacial score (nSPS) is 15.6. The molecule has 1 amide bonds. The van der Waals surface area contributed by atoms with E-state index in [-0.39, 0.29) is 6.61 Å². The van der Waals surface area contributed by atoms with Crippen LogP contribution < -0.4 is 5.32 Å². The molecule has 0 fully saturated rings. The number of thiophene rings is 1. The summed E-state index contributed by atoms with van der Waals surface area (Å²) in [6, 6.07) is 10.2. The summed E-state index contributed by atoms with van der Waals surface area (Å²) in [4.78, 5) is 36.9. The average molecular weight is 387 g/mol. The molecule has 0 unspecified atom stereocenters. The van der Waals surface area contributed by atoms with Crippen LogP contribution in [-0.4, -0.2) is 31.6 Å². The van der Waals surface area contributed by atoms with Crippen molar-refractivity contribution in [3.63, 3.8) is 0 Å². The molecule has 0 radical (unpaired) electrons. The van der Waals surface area contributed by atoms with E-state index in [9.17, 15) is 14.4 Å². The Bertz CT molecular complexity index is 859. The summed E-state index contributed by atoms with van der Waals surface area (Å²) >= 11 is 1.33. The predicted octanol–water partition coefficient (Wildman–Crippen LogP) is 3.31. The lowest BCUT2D eigenvalue weighted by atomic mass is 9.83. The van der Waals surface area contributed by atoms with Gasteiger partial charge in [-0.3, -0.25) is 4.79 Å². The van der Waals surface area contributed by atoms with E-state index >= 15 is 0 Å². The van der Waals surface area contributed by atoms with E-state index in [1.807, 2.05) is 18.2 Å². The molecular weight excluding hydrogens is 366 g/mol. The maximum atomic E-state index is 12.5. The van der Waals surface area contributed by atoms with Crippen LogP contribution in [0.15, 0.2) is 30.3 Å². The lowest BCUT2D eigenvalue weighted by Gasteiger charge is -2.23. The molecule has 1 aromatic heterocycles. The van der Waals surface area contributed by atoms with Crippen molar-refractivity contribution in [1.29, 1.82) is 0 Å². The van der Waals surface area contributed by atoms with Gasteiger partial charge in [0.05, 0.1) is 19.3 Å². The number of ether oxygens (including phenoxy) is 2. The van der Waals surface area contributed by atoms with Crippen molar-refractivity contribution in [2.75, 3.05) is 19.0 Å². The highest BCUT2D eigenvalue weighted by atomic mass is 32.1. The van der Waals surface area contributed by atoms with Gasteiger partial charge < -0.3 is 14.8 Å². The molecule has 27 heavy (non-hydrogen) atoms. The van der Waals surface area contributed by atoms with Crippen LogP contribution in [0, 0.1) is 0 Å². The number of amides is 1. The Kier molecular flexibility index (Phi) is 5.91. The minimum Gasteiger partial charge on any atom is -0.462 e. The molecule has 1 N–H and O–H groups in total. The van der Waals surface area contributed by atoms with Crippen molar-refractivity contribution in [2.45, 2.75) is 32.1 Å². The second-order valence-electron chi connectivity index (χ2n) is 6.22. The van der Waals surface area contributed by atoms with Gasteiger partial charge in [-0.05, 0) is 43.2 Å². The highest BCUT2D eigenvalue weighted by Crippen LogP contribution is 2.42. The Balaban J connectivity index is 1.93. The van der Waals surface area contributed by atoms with Gasteiger partial charge in [-0.1, -0.05) is 30.3 Å². The summed E-state index contributed by atoms with van der Waals surface area (Å²) in [6.07, 6.45) is 2.41. The maximum absolute atomic E-state index is 12.5. The molecule has 0 saturated carbocycles. The van der Waals surface area contributed by atoms with E-state index in [0.29, 0.717) is 22.9 Å². The molecular formula is C20H21NO5S. The number of hydrogen-bond acceptors (Lipinski definition) is 6. The number of benzene rings is 1. The van der Waals surface area contributed by atoms with Crippen molar-refractivity contribution < 1.29 is 23.9 Å². The Morgan fingerprint density at radius 2 is 1.96 bits per heavy atom. The first-order chi connectivity index (χ1) is 13.0. The van der Waals surface area contributed by atoms with Crippen molar-refractivity contribution in [3.8, 4) is 0 Å². The molecule has 0 aliphatic heterocycles. The van der Waals surface area contributed by atoms with Gasteiger partial charge >= 0.3 is 17.8 Å². The number of anilines is 1. The van der Waals surface area contributed by atoms with Crippen molar-refractivity contribution >= 4 is 34.2 Å². The first-order valence-electron chi connectivity index (χ1n) is 8.81. The molecule has 1 aromatic carbocycles. The van der Waals surface area contributed by atoms with Gasteiger partial charge in [-0.2, -0.15) is 0 Å². The first-order valence-corrected chi connectivity index (χ1v) is 9.62. The third kappa shape index (κ3) is 4.03. The summed E-state index contributed by atoms with van der Waals surface area (Å²) in [5, 5.41) is 2.87. The minimum absolute atomic E-state index is 0.237. The van der Waals surface area contributed by atoms with Crippen LogP contribution in [0.5, 0.6) is 0 Å². The molecule has 7 heteroatoms. The molecule has 142 valence electrons. The smallest absolute Gasteiger partial charge is 0.396 e. The topological polar surface area (TPSA) is 81.7 Å². The van der Waals surface area contributed by atoms with E-state index in [1.165, 1.54) is 16.9 Å². The number of fused-ring (bicyclic) bond motifs is 1. The second kappa shape index (κ2) is 8.35. The zero-order valence-electron chi connectivity index (χ0n) is 15.2. The zero-order valence-corrected chi connectivity index (χ0v) is 16.1. The Labute approximate surface area is 161 Å². The van der Waals surface area contributed by atoms with Gasteiger partial charge in [-0.25, -0.2) is 9.59 Å². The molecule has 1 heterocycles. The fourth-order valence-electron chi connectivity index (χ4n) is 3.35. The zero-order chi connectivity index (χ0) is 19.4. The molecule has 0 saturated heterocycles. The van der Waals surface area contributed by atoms with Crippen molar-refractivity contribution in [3.05, 3.63) is 51.9 Å². The summed E-state index contributed by atoms with van der Waals surface area (Å²) in [5.41, 5.74) is 2.53. The van der Waals surface area contributed by atoms with E-state index in [1.54, 1.807) is 6.92 Å². The van der Waals surface area contributed by atoms with Gasteiger partial charge in [-0.15, -0.1) is 11.3 Å². The number of methoxy groups -OCH3 is 1. The molecule has 6 nitrogen and oxygen atoms in total. The van der Waals surface area contributed by atoms with Crippen LogP contribution in [0.2, 0.25) is 0 Å². The molecule has 3 rings (SSSR count). The number of hydrogen-bond donors (Lipinski definition) is 1. The standard InChI is InChI=1S/C20H21NO5S/c1-3-26-19(23)16-14-10-9-13(12-7-5-4-6-8-12)11-15(14)27-18(16)21-17(22)20(24)25-2/h4-8,13H,3,9-11H2,1-2H3,(H,21,22)/t13-/m1/s1. The SMILES string of the molecule is CCOC(=O)c1c(NC(=O)C(=O)OC)sc2c1CC[C@@H](c1ccccc1)C2. The van der Waals surface area contributed by atoms with Gasteiger partial charge in [0.25, 0.3) is 0 Å². The number of nitrogens with one attached hydrogen (secondary N) is 1. The molecule has 0 bridgehead atoms. The van der Waals surface area contributed by atoms with Gasteiger partial charge in [0.15, 0.2) is 0 Å². The van der Waals surface area contributed by atoms with Crippen LogP contribution in [-0.2, 0) is 31.9 Å². The Morgan fingerprint density at radius 3 is 2.63 bits per heavy atom. The summed E-state index contributed by atoms with van der Waals surface area (Å²) in [6.45, 7) is 1.97. The summed E-state index contributed by atoms with van der Waals surface area (Å²) in [5.74, 6) is -2.02. The van der Waals surface area contributed by atoms with Gasteiger partial charge in [0.1, 0.15) is 5.00 Å². The summed E-state index contributed by atoms with van der Waals surface area (Å²) in [7, 11) is 1.14. The van der Waals surface area contributed by atoms with E-state index in [0.717, 1.165) is 30.4 Å². The van der Waals surface area contributed by atoms with Gasteiger partial charge in [0.2, 0.25) is 0 Å². The average Bonchev–Trinajstić information content (AvgIpc) is 3.05. The number of carbonyl (C=O) groups is 3. The minimum atomic E-state index is -1.00. The largest absolute Gasteiger partial charge is 0.462 e. The van der Waals surface area contributed by atoms with Crippen LogP contribution >= 0.6 is 11.3 Å². The quantitative estimate of drug-likeness (QED) is 0.643. The lowest BCUT2D eigenvalue weighted by molar-refractivity contribution is -0.150. The molecule has 1 atom stereocenters. The highest BCUT2D eigenvalue weighted by molar-refractivity contribution is 7.17. The maximum Gasteiger partial charge on any atom is 0.396 e. The Morgan fingerprint density at radius 1 is 1.22 bits per heavy atom. The lowest BCUT2D eigenvalue weighted by Crippen LogP contribution is -2.24. The Hall–Kier alpha value is -2.67. The van der Waals surface area contributed by atoms with Crippen molar-refractivity contribution in [2.24, 2.45) is 0 Å². The first kappa shape index (κ1) is 19.1. The number of rotatable bonds is 4. The fraction of sp³-hybridized carbons (Fsp3) is 0.350. The van der Waals surface area contributed by atoms with E-state index in [4.69, 9.17) is 4.74 Å². The van der Waals surface area contributed by atoms with Gasteiger partial charge in [0, 0.05) is 4.88 Å². The third-order valence-corrected chi connectivity index (χ3v) is 5.78. The summed E-state index contributed by atoms with van der Waals surface area (Å²) < 4.78 is 9.62. The second-order valence-corrected chi connectivity index (χ2v) is 7.33. The number of esters is 2. The number of carbonyl (C=O) groups excluding carboxylic acids is 3. The predicted molar refractivity (Wildman–Crippen MR) is 102 cm³/mol. The van der Waals surface area contributed by atoms with E-state index in [2.05, 4.69) is 22.2 Å². The highest BCUT2D eigenvalue weighted by Gasteiger charge is 2.31. The van der Waals surface area contributed by atoms with Crippen LogP contribution in [0.4, 0.5) is 5.00 Å². The molecule has 1 aliphatic rings. The molecule has 1 aliphatic carbocycles. The fourth-order valence-corrected chi connectivity index (χ4v) is 4.66. The third-order valence-electron chi connectivity index (χ3n) is 4.61. The molecule has 2 aromatic rings. The van der Waals surface area contributed by atoms with Crippen molar-refractivity contribution in [1.82, 2.24) is 0 Å². The van der Waals surface area contributed by atoms with E-state index < -0.39 is 17.8 Å².